The molecule has 7 heterocycles. The number of ether oxygens (including phenoxy) is 1. The van der Waals surface area contributed by atoms with E-state index in [2.05, 4.69) is 57.2 Å². The van der Waals surface area contributed by atoms with E-state index in [-0.39, 0.29) is 29.8 Å². The summed E-state index contributed by atoms with van der Waals surface area (Å²) in [6.07, 6.45) is 8.81. The standard InChI is InChI=1S/C44H48N8O4S/c1-31-10-11-33(25-45-31)41-46-26-36(57-41)27-48-16-12-37(39(28-48)32-6-3-2-4-7-32)42(53)50-18-14-44(55,15-19-50)29-51-30-47-40-38(43(51)54)13-17-52(40)35-9-5-8-34(24-35)49-20-22-56-23-21-49/h2-11,13,17,24-26,30,37,39,55H,12,14-16,18-23,27-29H2,1H3/t37-,39+/m1/s1. The molecular weight excluding hydrogens is 737 g/mol. The summed E-state index contributed by atoms with van der Waals surface area (Å²) in [5.41, 5.74) is 4.49. The summed E-state index contributed by atoms with van der Waals surface area (Å²) in [6.45, 7) is 8.45. The Balaban J connectivity index is 0.852. The van der Waals surface area contributed by atoms with Crippen molar-refractivity contribution in [1.29, 1.82) is 0 Å². The van der Waals surface area contributed by atoms with Crippen LogP contribution in [0.1, 0.15) is 41.3 Å². The summed E-state index contributed by atoms with van der Waals surface area (Å²) in [5.74, 6) is 0.0441. The summed E-state index contributed by atoms with van der Waals surface area (Å²) < 4.78 is 8.99. The molecular formula is C44H48N8O4S. The Bertz CT molecular complexity index is 2400. The average molecular weight is 785 g/mol. The highest BCUT2D eigenvalue weighted by Crippen LogP contribution is 2.37. The molecule has 0 spiro atoms. The van der Waals surface area contributed by atoms with Crippen LogP contribution < -0.4 is 10.5 Å². The number of benzene rings is 2. The van der Waals surface area contributed by atoms with Gasteiger partial charge in [-0.3, -0.25) is 24.0 Å². The monoisotopic (exact) mass is 784 g/mol. The lowest BCUT2D eigenvalue weighted by Gasteiger charge is -2.43. The summed E-state index contributed by atoms with van der Waals surface area (Å²) in [4.78, 5) is 49.8. The van der Waals surface area contributed by atoms with Crippen LogP contribution in [0.15, 0.2) is 103 Å². The van der Waals surface area contributed by atoms with Crippen molar-refractivity contribution in [2.75, 3.05) is 57.4 Å². The highest BCUT2D eigenvalue weighted by atomic mass is 32.1. The smallest absolute Gasteiger partial charge is 0.262 e. The lowest BCUT2D eigenvalue weighted by molar-refractivity contribution is -0.142. The lowest BCUT2D eigenvalue weighted by atomic mass is 9.79. The number of likely N-dealkylation sites (tertiary alicyclic amines) is 2. The van der Waals surface area contributed by atoms with Gasteiger partial charge in [-0.05, 0) is 74.7 Å². The topological polar surface area (TPSA) is 122 Å². The molecule has 0 bridgehead atoms. The number of aliphatic hydroxyl groups is 1. The largest absolute Gasteiger partial charge is 0.388 e. The third-order valence-electron chi connectivity index (χ3n) is 12.0. The van der Waals surface area contributed by atoms with Gasteiger partial charge < -0.3 is 24.2 Å². The van der Waals surface area contributed by atoms with Gasteiger partial charge in [0.05, 0.1) is 30.7 Å². The molecule has 0 radical (unpaired) electrons. The van der Waals surface area contributed by atoms with E-state index in [0.717, 1.165) is 66.8 Å². The molecule has 3 aliphatic rings. The van der Waals surface area contributed by atoms with Crippen molar-refractivity contribution in [1.82, 2.24) is 33.9 Å². The first-order chi connectivity index (χ1) is 27.8. The number of rotatable bonds is 9. The second kappa shape index (κ2) is 16.0. The molecule has 0 saturated carbocycles. The summed E-state index contributed by atoms with van der Waals surface area (Å²) >= 11 is 1.70. The molecule has 4 aromatic heterocycles. The zero-order valence-electron chi connectivity index (χ0n) is 32.2. The van der Waals surface area contributed by atoms with E-state index in [0.29, 0.717) is 50.2 Å². The van der Waals surface area contributed by atoms with Crippen LogP contribution >= 0.6 is 11.3 Å². The fourth-order valence-electron chi connectivity index (χ4n) is 8.71. The van der Waals surface area contributed by atoms with E-state index in [1.807, 2.05) is 59.2 Å². The third-order valence-corrected chi connectivity index (χ3v) is 13.0. The maximum atomic E-state index is 14.3. The van der Waals surface area contributed by atoms with Crippen LogP contribution in [0.5, 0.6) is 0 Å². The molecule has 3 aliphatic heterocycles. The number of nitrogens with zero attached hydrogens (tertiary/aromatic N) is 8. The minimum atomic E-state index is -1.13. The molecule has 9 rings (SSSR count). The van der Waals surface area contributed by atoms with Crippen molar-refractivity contribution < 1.29 is 14.6 Å². The van der Waals surface area contributed by atoms with E-state index in [9.17, 15) is 14.7 Å². The Morgan fingerprint density at radius 1 is 0.912 bits per heavy atom. The number of carbonyl (C=O) groups is 1. The van der Waals surface area contributed by atoms with Crippen LogP contribution in [-0.4, -0.2) is 103 Å². The van der Waals surface area contributed by atoms with Crippen molar-refractivity contribution in [3.8, 4) is 16.3 Å². The number of fused-ring (bicyclic) bond motifs is 1. The average Bonchev–Trinajstić information content (AvgIpc) is 3.91. The number of morpholine rings is 1. The van der Waals surface area contributed by atoms with Gasteiger partial charge in [-0.25, -0.2) is 9.97 Å². The Labute approximate surface area is 336 Å². The highest BCUT2D eigenvalue weighted by molar-refractivity contribution is 7.15. The first-order valence-electron chi connectivity index (χ1n) is 20.0. The molecule has 57 heavy (non-hydrogen) atoms. The molecule has 13 heteroatoms. The number of hydrogen-bond donors (Lipinski definition) is 1. The van der Waals surface area contributed by atoms with Gasteiger partial charge in [-0.2, -0.15) is 0 Å². The number of hydrogen-bond acceptors (Lipinski definition) is 10. The number of aryl methyl sites for hydroxylation is 1. The third kappa shape index (κ3) is 7.89. The number of thiazole rings is 1. The number of piperidine rings is 2. The van der Waals surface area contributed by atoms with Crippen LogP contribution in [0.25, 0.3) is 27.3 Å². The zero-order valence-corrected chi connectivity index (χ0v) is 33.1. The van der Waals surface area contributed by atoms with Crippen molar-refractivity contribution >= 4 is 34.0 Å². The molecule has 0 aliphatic carbocycles. The SMILES string of the molecule is Cc1ccc(-c2ncc(CN3CC[C@@H](C(=O)N4CCC(O)(Cn5cnc6c(ccn6-c6cccc(N7CCOCC7)c6)c5=O)CC4)[C@H](c4ccccc4)C3)s2)cn1. The fraction of sp³-hybridized carbons (Fsp3) is 0.386. The Kier molecular flexibility index (Phi) is 10.5. The van der Waals surface area contributed by atoms with Gasteiger partial charge in [0.2, 0.25) is 5.91 Å². The predicted molar refractivity (Wildman–Crippen MR) is 222 cm³/mol. The van der Waals surface area contributed by atoms with Crippen LogP contribution in [0.3, 0.4) is 0 Å². The first-order valence-corrected chi connectivity index (χ1v) is 20.8. The molecule has 294 valence electrons. The maximum Gasteiger partial charge on any atom is 0.262 e. The molecule has 1 amide bonds. The van der Waals surface area contributed by atoms with E-state index >= 15 is 0 Å². The Morgan fingerprint density at radius 3 is 2.51 bits per heavy atom. The van der Waals surface area contributed by atoms with Gasteiger partial charge in [0.15, 0.2) is 5.65 Å². The zero-order chi connectivity index (χ0) is 38.9. The summed E-state index contributed by atoms with van der Waals surface area (Å²) in [5, 5.41) is 13.3. The number of aromatic nitrogens is 5. The minimum absolute atomic E-state index is 0.0486. The Hall–Kier alpha value is -5.21. The maximum absolute atomic E-state index is 14.3. The van der Waals surface area contributed by atoms with Crippen LogP contribution in [0.2, 0.25) is 0 Å². The van der Waals surface area contributed by atoms with E-state index in [4.69, 9.17) is 14.7 Å². The van der Waals surface area contributed by atoms with Gasteiger partial charge >= 0.3 is 0 Å². The van der Waals surface area contributed by atoms with Gasteiger partial charge in [0.25, 0.3) is 5.56 Å². The van der Waals surface area contributed by atoms with Crippen molar-refractivity contribution in [3.05, 3.63) is 124 Å². The summed E-state index contributed by atoms with van der Waals surface area (Å²) in [7, 11) is 0. The fourth-order valence-corrected chi connectivity index (χ4v) is 9.66. The van der Waals surface area contributed by atoms with Crippen LogP contribution in [0.4, 0.5) is 5.69 Å². The van der Waals surface area contributed by atoms with Crippen molar-refractivity contribution in [2.45, 2.75) is 50.8 Å². The molecule has 1 N–H and O–H groups in total. The van der Waals surface area contributed by atoms with E-state index < -0.39 is 5.60 Å². The molecule has 0 unspecified atom stereocenters. The minimum Gasteiger partial charge on any atom is -0.388 e. The van der Waals surface area contributed by atoms with Crippen LogP contribution in [-0.2, 0) is 22.6 Å². The van der Waals surface area contributed by atoms with E-state index in [1.54, 1.807) is 23.7 Å². The number of amides is 1. The lowest BCUT2D eigenvalue weighted by Crippen LogP contribution is -2.53. The predicted octanol–water partition coefficient (Wildman–Crippen LogP) is 5.51. The Morgan fingerprint density at radius 2 is 1.72 bits per heavy atom. The molecule has 12 nitrogen and oxygen atoms in total. The summed E-state index contributed by atoms with van der Waals surface area (Å²) in [6, 6.07) is 24.5. The molecule has 2 aromatic carbocycles. The normalized spacial score (nSPS) is 20.2. The highest BCUT2D eigenvalue weighted by Gasteiger charge is 2.41. The van der Waals surface area contributed by atoms with E-state index in [1.165, 1.54) is 15.0 Å². The van der Waals surface area contributed by atoms with Gasteiger partial charge in [0.1, 0.15) is 11.3 Å². The molecule has 2 atom stereocenters. The van der Waals surface area contributed by atoms with Crippen molar-refractivity contribution in [3.63, 3.8) is 0 Å². The number of anilines is 1. The molecule has 6 aromatic rings. The molecule has 3 saturated heterocycles. The van der Waals surface area contributed by atoms with Gasteiger partial charge in [-0.1, -0.05) is 36.4 Å². The van der Waals surface area contributed by atoms with Crippen molar-refractivity contribution in [2.24, 2.45) is 5.92 Å². The first kappa shape index (κ1) is 37.4. The van der Waals surface area contributed by atoms with Gasteiger partial charge in [-0.15, -0.1) is 11.3 Å². The van der Waals surface area contributed by atoms with Gasteiger partial charge in [0, 0.05) is 97.2 Å². The van der Waals surface area contributed by atoms with Crippen LogP contribution in [0, 0.1) is 12.8 Å². The second-order valence-electron chi connectivity index (χ2n) is 15.7. The second-order valence-corrected chi connectivity index (χ2v) is 16.9. The quantitative estimate of drug-likeness (QED) is 0.202. The number of pyridine rings is 1. The molecule has 3 fully saturated rings. The number of carbonyl (C=O) groups excluding carboxylic acids is 1.